The van der Waals surface area contributed by atoms with Crippen LogP contribution < -0.4 is 10.1 Å². The van der Waals surface area contributed by atoms with Crippen molar-refractivity contribution in [2.24, 2.45) is 5.92 Å². The summed E-state index contributed by atoms with van der Waals surface area (Å²) in [5.41, 5.74) is 3.43. The third kappa shape index (κ3) is 3.22. The van der Waals surface area contributed by atoms with Gasteiger partial charge in [0.25, 0.3) is 0 Å². The van der Waals surface area contributed by atoms with E-state index < -0.39 is 0 Å². The minimum absolute atomic E-state index is 0.540. The number of hydrogen-bond acceptors (Lipinski definition) is 3. The van der Waals surface area contributed by atoms with E-state index in [-0.39, 0.29) is 0 Å². The summed E-state index contributed by atoms with van der Waals surface area (Å²) in [5.74, 6) is 1.54. The molecule has 2 unspecified atom stereocenters. The molecular weight excluding hydrogens is 224 g/mol. The number of ether oxygens (including phenoxy) is 1. The second-order valence-corrected chi connectivity index (χ2v) is 5.03. The number of methoxy groups -OCH3 is 1. The Morgan fingerprint density at radius 2 is 2.06 bits per heavy atom. The molecule has 0 saturated heterocycles. The summed E-state index contributed by atoms with van der Waals surface area (Å²) >= 11 is 0. The summed E-state index contributed by atoms with van der Waals surface area (Å²) in [6, 6.07) is 0.540. The lowest BCUT2D eigenvalue weighted by Crippen LogP contribution is -2.32. The van der Waals surface area contributed by atoms with Crippen LogP contribution in [-0.4, -0.2) is 25.2 Å². The average Bonchev–Trinajstić information content (AvgIpc) is 2.35. The van der Waals surface area contributed by atoms with E-state index in [4.69, 9.17) is 4.74 Å². The highest BCUT2D eigenvalue weighted by molar-refractivity contribution is 5.41. The van der Waals surface area contributed by atoms with Crippen molar-refractivity contribution in [3.05, 3.63) is 23.0 Å². The van der Waals surface area contributed by atoms with Crippen LogP contribution in [0.15, 0.2) is 6.20 Å². The van der Waals surface area contributed by atoms with Gasteiger partial charge < -0.3 is 10.1 Å². The lowest BCUT2D eigenvalue weighted by atomic mass is 9.92. The van der Waals surface area contributed by atoms with Crippen molar-refractivity contribution in [2.75, 3.05) is 14.2 Å². The summed E-state index contributed by atoms with van der Waals surface area (Å²) in [5, 5.41) is 3.37. The predicted molar refractivity (Wildman–Crippen MR) is 76.3 cm³/mol. The lowest BCUT2D eigenvalue weighted by Gasteiger charge is -2.23. The summed E-state index contributed by atoms with van der Waals surface area (Å²) < 4.78 is 5.46. The number of pyridine rings is 1. The van der Waals surface area contributed by atoms with Gasteiger partial charge in [-0.3, -0.25) is 4.98 Å². The standard InChI is InChI=1S/C15H26N2O/c1-7-13(16-5)10(2)8-14-12(4)15(18-6)11(3)9-17-14/h9-10,13,16H,7-8H2,1-6H3. The number of hydrogen-bond donors (Lipinski definition) is 1. The van der Waals surface area contributed by atoms with Gasteiger partial charge in [0.2, 0.25) is 0 Å². The fraction of sp³-hybridized carbons (Fsp3) is 0.667. The highest BCUT2D eigenvalue weighted by atomic mass is 16.5. The summed E-state index contributed by atoms with van der Waals surface area (Å²) in [4.78, 5) is 4.57. The second-order valence-electron chi connectivity index (χ2n) is 5.03. The molecule has 0 spiro atoms. The van der Waals surface area contributed by atoms with Crippen LogP contribution in [0.4, 0.5) is 0 Å². The minimum Gasteiger partial charge on any atom is -0.496 e. The molecule has 0 saturated carbocycles. The van der Waals surface area contributed by atoms with E-state index in [1.165, 1.54) is 5.56 Å². The molecular formula is C15H26N2O. The maximum absolute atomic E-state index is 5.46. The zero-order chi connectivity index (χ0) is 13.7. The smallest absolute Gasteiger partial charge is 0.128 e. The van der Waals surface area contributed by atoms with Gasteiger partial charge in [-0.2, -0.15) is 0 Å². The minimum atomic E-state index is 0.540. The van der Waals surface area contributed by atoms with E-state index in [9.17, 15) is 0 Å². The summed E-state index contributed by atoms with van der Waals surface area (Å²) in [6.45, 7) is 8.63. The number of nitrogens with one attached hydrogen (secondary N) is 1. The molecule has 1 rings (SSSR count). The van der Waals surface area contributed by atoms with Gasteiger partial charge in [0, 0.05) is 29.1 Å². The molecule has 0 bridgehead atoms. The molecule has 0 fully saturated rings. The van der Waals surface area contributed by atoms with E-state index in [1.807, 2.05) is 20.2 Å². The first kappa shape index (κ1) is 15.0. The number of aryl methyl sites for hydroxylation is 1. The van der Waals surface area contributed by atoms with E-state index >= 15 is 0 Å². The van der Waals surface area contributed by atoms with E-state index in [2.05, 4.69) is 31.1 Å². The van der Waals surface area contributed by atoms with Gasteiger partial charge in [-0.15, -0.1) is 0 Å². The highest BCUT2D eigenvalue weighted by Crippen LogP contribution is 2.26. The molecule has 1 aromatic heterocycles. The largest absolute Gasteiger partial charge is 0.496 e. The first-order valence-corrected chi connectivity index (χ1v) is 6.71. The first-order chi connectivity index (χ1) is 8.54. The van der Waals surface area contributed by atoms with Crippen molar-refractivity contribution in [3.63, 3.8) is 0 Å². The van der Waals surface area contributed by atoms with Crippen LogP contribution in [-0.2, 0) is 6.42 Å². The van der Waals surface area contributed by atoms with Crippen molar-refractivity contribution in [2.45, 2.75) is 46.6 Å². The van der Waals surface area contributed by atoms with Crippen LogP contribution in [0.1, 0.15) is 37.1 Å². The molecule has 102 valence electrons. The van der Waals surface area contributed by atoms with Gasteiger partial charge >= 0.3 is 0 Å². The van der Waals surface area contributed by atoms with E-state index in [1.54, 1.807) is 7.11 Å². The molecule has 2 atom stereocenters. The Hall–Kier alpha value is -1.09. The summed E-state index contributed by atoms with van der Waals surface area (Å²) in [7, 11) is 3.76. The Labute approximate surface area is 111 Å². The van der Waals surface area contributed by atoms with Crippen LogP contribution in [0.3, 0.4) is 0 Å². The first-order valence-electron chi connectivity index (χ1n) is 6.71. The Kier molecular flexibility index (Phi) is 5.60. The topological polar surface area (TPSA) is 34.2 Å². The zero-order valence-electron chi connectivity index (χ0n) is 12.5. The van der Waals surface area contributed by atoms with Gasteiger partial charge in [0.1, 0.15) is 5.75 Å². The van der Waals surface area contributed by atoms with Gasteiger partial charge in [-0.25, -0.2) is 0 Å². The fourth-order valence-corrected chi connectivity index (χ4v) is 2.62. The number of aromatic nitrogens is 1. The van der Waals surface area contributed by atoms with Crippen molar-refractivity contribution in [3.8, 4) is 5.75 Å². The lowest BCUT2D eigenvalue weighted by molar-refractivity contribution is 0.379. The van der Waals surface area contributed by atoms with Gasteiger partial charge in [0.05, 0.1) is 7.11 Å². The zero-order valence-corrected chi connectivity index (χ0v) is 12.5. The molecule has 0 aliphatic heterocycles. The quantitative estimate of drug-likeness (QED) is 0.843. The van der Waals surface area contributed by atoms with Crippen molar-refractivity contribution in [1.29, 1.82) is 0 Å². The number of rotatable bonds is 6. The maximum Gasteiger partial charge on any atom is 0.128 e. The normalized spacial score (nSPS) is 14.3. The van der Waals surface area contributed by atoms with Crippen LogP contribution >= 0.6 is 0 Å². The van der Waals surface area contributed by atoms with Crippen LogP contribution in [0.25, 0.3) is 0 Å². The highest BCUT2D eigenvalue weighted by Gasteiger charge is 2.17. The monoisotopic (exact) mass is 250 g/mol. The van der Waals surface area contributed by atoms with Crippen molar-refractivity contribution < 1.29 is 4.74 Å². The average molecular weight is 250 g/mol. The SMILES string of the molecule is CCC(NC)C(C)Cc1ncc(C)c(OC)c1C. The van der Waals surface area contributed by atoms with E-state index in [0.29, 0.717) is 12.0 Å². The van der Waals surface area contributed by atoms with Gasteiger partial charge in [-0.1, -0.05) is 13.8 Å². The second kappa shape index (κ2) is 6.74. The summed E-state index contributed by atoms with van der Waals surface area (Å²) in [6.07, 6.45) is 4.04. The van der Waals surface area contributed by atoms with Crippen LogP contribution in [0.5, 0.6) is 5.75 Å². The maximum atomic E-state index is 5.46. The third-order valence-corrected chi connectivity index (χ3v) is 3.76. The van der Waals surface area contributed by atoms with Gasteiger partial charge in [0.15, 0.2) is 0 Å². The Bertz CT molecular complexity index is 386. The Morgan fingerprint density at radius 1 is 1.39 bits per heavy atom. The molecule has 0 aromatic carbocycles. The van der Waals surface area contributed by atoms with Crippen molar-refractivity contribution in [1.82, 2.24) is 10.3 Å². The Balaban J connectivity index is 2.91. The molecule has 0 aliphatic carbocycles. The molecule has 1 N–H and O–H groups in total. The fourth-order valence-electron chi connectivity index (χ4n) is 2.62. The van der Waals surface area contributed by atoms with E-state index in [0.717, 1.165) is 29.8 Å². The Morgan fingerprint density at radius 3 is 2.56 bits per heavy atom. The molecule has 0 amide bonds. The van der Waals surface area contributed by atoms with Crippen molar-refractivity contribution >= 4 is 0 Å². The third-order valence-electron chi connectivity index (χ3n) is 3.76. The molecule has 0 aliphatic rings. The molecule has 1 aromatic rings. The molecule has 3 heteroatoms. The molecule has 1 heterocycles. The number of nitrogens with zero attached hydrogens (tertiary/aromatic N) is 1. The van der Waals surface area contributed by atoms with Gasteiger partial charge in [-0.05, 0) is 39.7 Å². The molecule has 0 radical (unpaired) electrons. The predicted octanol–water partition coefficient (Wildman–Crippen LogP) is 2.88. The van der Waals surface area contributed by atoms with Crippen LogP contribution in [0, 0.1) is 19.8 Å². The molecule has 3 nitrogen and oxygen atoms in total. The van der Waals surface area contributed by atoms with Crippen LogP contribution in [0.2, 0.25) is 0 Å². The molecule has 18 heavy (non-hydrogen) atoms.